The van der Waals surface area contributed by atoms with Crippen molar-refractivity contribution in [3.8, 4) is 11.3 Å². The smallest absolute Gasteiger partial charge is 0.275 e. The first-order chi connectivity index (χ1) is 17.0. The maximum absolute atomic E-state index is 14.6. The second-order valence-electron chi connectivity index (χ2n) is 7.70. The second kappa shape index (κ2) is 10.8. The number of hydrogen-bond acceptors (Lipinski definition) is 8. The Morgan fingerprint density at radius 2 is 2.06 bits per heavy atom. The highest BCUT2D eigenvalue weighted by atomic mass is 19.1. The molecule has 0 spiro atoms. The summed E-state index contributed by atoms with van der Waals surface area (Å²) in [6.07, 6.45) is 1.61. The molecule has 2 aromatic heterocycles. The van der Waals surface area contributed by atoms with Gasteiger partial charge in [-0.15, -0.1) is 0 Å². The minimum absolute atomic E-state index is 0.00400. The van der Waals surface area contributed by atoms with Crippen molar-refractivity contribution in [3.05, 3.63) is 83.3 Å². The molecule has 0 fully saturated rings. The van der Waals surface area contributed by atoms with E-state index in [4.69, 9.17) is 15.5 Å². The molecule has 0 atom stereocenters. The zero-order valence-electron chi connectivity index (χ0n) is 18.9. The first-order valence-electron chi connectivity index (χ1n) is 10.8. The summed E-state index contributed by atoms with van der Waals surface area (Å²) < 4.78 is 14.6. The number of nitrogens with zero attached hydrogens (tertiary/aromatic N) is 3. The first-order valence-corrected chi connectivity index (χ1v) is 10.8. The predicted octanol–water partition coefficient (Wildman–Crippen LogP) is 4.67. The highest BCUT2D eigenvalue weighted by molar-refractivity contribution is 5.95. The average molecular weight is 474 g/mol. The number of nitrogens with one attached hydrogen (secondary N) is 3. The zero-order chi connectivity index (χ0) is 24.8. The summed E-state index contributed by atoms with van der Waals surface area (Å²) in [5.41, 5.74) is 13.5. The van der Waals surface area contributed by atoms with Crippen LogP contribution in [-0.4, -0.2) is 34.2 Å². The summed E-state index contributed by atoms with van der Waals surface area (Å²) in [5.74, 6) is -0.481. The van der Waals surface area contributed by atoms with Crippen LogP contribution in [0.3, 0.4) is 0 Å². The Hall–Kier alpha value is -4.28. The quantitative estimate of drug-likeness (QED) is 0.158. The second-order valence-corrected chi connectivity index (χ2v) is 7.70. The summed E-state index contributed by atoms with van der Waals surface area (Å²) in [4.78, 5) is 25.9. The van der Waals surface area contributed by atoms with Gasteiger partial charge in [0.2, 0.25) is 0 Å². The third kappa shape index (κ3) is 5.45. The predicted molar refractivity (Wildman–Crippen MR) is 129 cm³/mol. The molecule has 35 heavy (non-hydrogen) atoms. The fraction of sp³-hybridized carbons (Fsp3) is 0.160. The normalized spacial score (nSPS) is 10.8. The van der Waals surface area contributed by atoms with Gasteiger partial charge in [0.05, 0.1) is 24.4 Å². The molecular weight excluding hydrogens is 451 g/mol. The number of carbonyl (C=O) groups is 1. The number of hydrogen-bond donors (Lipinski definition) is 4. The number of hydroxylamine groups is 1. The number of fused-ring (bicyclic) bond motifs is 1. The van der Waals surface area contributed by atoms with Crippen molar-refractivity contribution < 1.29 is 19.1 Å². The van der Waals surface area contributed by atoms with E-state index in [1.165, 1.54) is 6.07 Å². The molecule has 4 rings (SSSR count). The van der Waals surface area contributed by atoms with Crippen molar-refractivity contribution in [2.24, 2.45) is 5.11 Å². The first kappa shape index (κ1) is 23.9. The topological polar surface area (TPSA) is 133 Å². The van der Waals surface area contributed by atoms with Crippen molar-refractivity contribution >= 4 is 28.3 Å². The SMILES string of the molecule is Cc1cc(-c2ccc(N=N)c(NCc3cc4cccnc4cc3F)n2)ccc1C(=O)NOCCO. The molecule has 1 amide bonds. The van der Waals surface area contributed by atoms with E-state index < -0.39 is 11.7 Å². The van der Waals surface area contributed by atoms with Crippen LogP contribution in [0, 0.1) is 18.3 Å². The van der Waals surface area contributed by atoms with E-state index in [1.807, 2.05) is 6.07 Å². The van der Waals surface area contributed by atoms with Crippen molar-refractivity contribution in [2.45, 2.75) is 13.5 Å². The van der Waals surface area contributed by atoms with Crippen LogP contribution in [0.25, 0.3) is 22.2 Å². The van der Waals surface area contributed by atoms with Crippen LogP contribution in [0.2, 0.25) is 0 Å². The standard InChI is InChI=1S/C25H23FN6O3/c1-15-11-17(4-5-19(15)25(34)32-35-10-9-33)21-6-7-22(31-27)24(30-21)29-14-18-12-16-3-2-8-28-23(16)13-20(18)26/h2-8,11-13,27,33H,9-10,14H2,1H3,(H,29,30)(H,32,34). The lowest BCUT2D eigenvalue weighted by Crippen LogP contribution is -2.25. The zero-order valence-corrected chi connectivity index (χ0v) is 18.9. The molecule has 4 N–H and O–H groups in total. The van der Waals surface area contributed by atoms with Crippen LogP contribution in [-0.2, 0) is 11.4 Å². The number of aliphatic hydroxyl groups excluding tert-OH is 1. The Labute approximate surface area is 200 Å². The van der Waals surface area contributed by atoms with Crippen molar-refractivity contribution in [1.29, 1.82) is 5.53 Å². The molecule has 0 bridgehead atoms. The third-order valence-electron chi connectivity index (χ3n) is 5.34. The molecule has 9 nitrogen and oxygen atoms in total. The fourth-order valence-corrected chi connectivity index (χ4v) is 3.58. The van der Waals surface area contributed by atoms with Crippen LogP contribution in [0.1, 0.15) is 21.5 Å². The molecule has 4 aromatic rings. The van der Waals surface area contributed by atoms with Crippen LogP contribution < -0.4 is 10.8 Å². The van der Waals surface area contributed by atoms with Gasteiger partial charge in [-0.25, -0.2) is 20.4 Å². The Bertz CT molecular complexity index is 1400. The molecule has 0 saturated carbocycles. The summed E-state index contributed by atoms with van der Waals surface area (Å²) in [5, 5.41) is 16.2. The van der Waals surface area contributed by atoms with E-state index in [2.05, 4.69) is 25.9 Å². The number of aromatic nitrogens is 2. The Morgan fingerprint density at radius 3 is 2.83 bits per heavy atom. The molecule has 0 saturated heterocycles. The monoisotopic (exact) mass is 474 g/mol. The van der Waals surface area contributed by atoms with Crippen LogP contribution in [0.4, 0.5) is 15.9 Å². The van der Waals surface area contributed by atoms with Gasteiger partial charge < -0.3 is 10.4 Å². The molecule has 0 unspecified atom stereocenters. The number of halogens is 1. The van der Waals surface area contributed by atoms with Gasteiger partial charge in [-0.05, 0) is 48.9 Å². The van der Waals surface area contributed by atoms with E-state index in [9.17, 15) is 9.18 Å². The molecule has 0 aliphatic carbocycles. The summed E-state index contributed by atoms with van der Waals surface area (Å²) in [7, 11) is 0. The number of benzene rings is 2. The molecule has 10 heteroatoms. The number of rotatable bonds is 9. The van der Waals surface area contributed by atoms with E-state index in [1.54, 1.807) is 55.6 Å². The molecule has 0 aliphatic rings. The van der Waals surface area contributed by atoms with Gasteiger partial charge in [0.15, 0.2) is 5.82 Å². The molecule has 0 aliphatic heterocycles. The molecule has 0 radical (unpaired) electrons. The maximum atomic E-state index is 14.6. The lowest BCUT2D eigenvalue weighted by Gasteiger charge is -2.12. The number of carbonyl (C=O) groups excluding carboxylic acids is 1. The number of anilines is 1. The summed E-state index contributed by atoms with van der Waals surface area (Å²) in [6, 6.07) is 15.3. The van der Waals surface area contributed by atoms with Gasteiger partial charge in [0.25, 0.3) is 5.91 Å². The van der Waals surface area contributed by atoms with Gasteiger partial charge in [-0.1, -0.05) is 12.1 Å². The van der Waals surface area contributed by atoms with Crippen molar-refractivity contribution in [3.63, 3.8) is 0 Å². The lowest BCUT2D eigenvalue weighted by molar-refractivity contribution is 0.0168. The Balaban J connectivity index is 1.56. The number of pyridine rings is 2. The van der Waals surface area contributed by atoms with E-state index in [0.717, 1.165) is 10.9 Å². The van der Waals surface area contributed by atoms with E-state index >= 15 is 0 Å². The number of aliphatic hydroxyl groups is 1. The van der Waals surface area contributed by atoms with Gasteiger partial charge in [0.1, 0.15) is 11.5 Å². The molecule has 178 valence electrons. The van der Waals surface area contributed by atoms with Crippen molar-refractivity contribution in [1.82, 2.24) is 15.4 Å². The highest BCUT2D eigenvalue weighted by Gasteiger charge is 2.13. The molecule has 2 heterocycles. The largest absolute Gasteiger partial charge is 0.394 e. The van der Waals surface area contributed by atoms with Gasteiger partial charge in [-0.2, -0.15) is 5.11 Å². The van der Waals surface area contributed by atoms with Crippen molar-refractivity contribution in [2.75, 3.05) is 18.5 Å². The fourth-order valence-electron chi connectivity index (χ4n) is 3.58. The van der Waals surface area contributed by atoms with Gasteiger partial charge >= 0.3 is 0 Å². The van der Waals surface area contributed by atoms with Crippen LogP contribution in [0.5, 0.6) is 0 Å². The third-order valence-corrected chi connectivity index (χ3v) is 5.34. The van der Waals surface area contributed by atoms with E-state index in [0.29, 0.717) is 39.4 Å². The molecular formula is C25H23FN6O3. The van der Waals surface area contributed by atoms with Crippen LogP contribution in [0.15, 0.2) is 65.9 Å². The average Bonchev–Trinajstić information content (AvgIpc) is 2.87. The number of amides is 1. The Morgan fingerprint density at radius 1 is 1.20 bits per heavy atom. The lowest BCUT2D eigenvalue weighted by atomic mass is 10.0. The molecule has 2 aromatic carbocycles. The highest BCUT2D eigenvalue weighted by Crippen LogP contribution is 2.29. The maximum Gasteiger partial charge on any atom is 0.275 e. The number of aryl methyl sites for hydroxylation is 1. The summed E-state index contributed by atoms with van der Waals surface area (Å²) >= 11 is 0. The van der Waals surface area contributed by atoms with Crippen LogP contribution >= 0.6 is 0 Å². The minimum Gasteiger partial charge on any atom is -0.394 e. The van der Waals surface area contributed by atoms with Gasteiger partial charge in [-0.3, -0.25) is 14.6 Å². The minimum atomic E-state index is -0.422. The summed E-state index contributed by atoms with van der Waals surface area (Å²) in [6.45, 7) is 1.72. The Kier molecular flexibility index (Phi) is 7.34. The van der Waals surface area contributed by atoms with E-state index in [-0.39, 0.29) is 19.8 Å². The van der Waals surface area contributed by atoms with Gasteiger partial charge in [0, 0.05) is 40.9 Å².